The molecule has 28 heavy (non-hydrogen) atoms. The minimum Gasteiger partial charge on any atom is -0.481 e. The Kier molecular flexibility index (Phi) is 7.78. The number of hydrogen-bond donors (Lipinski definition) is 4. The van der Waals surface area contributed by atoms with Crippen molar-refractivity contribution in [3.8, 4) is 6.07 Å². The third-order valence-corrected chi connectivity index (χ3v) is 4.47. The monoisotopic (exact) mass is 384 g/mol. The Balaban J connectivity index is 1.71. The molecule has 2 aromatic rings. The van der Waals surface area contributed by atoms with Gasteiger partial charge in [-0.3, -0.25) is 4.79 Å². The largest absolute Gasteiger partial charge is 0.481 e. The Labute approximate surface area is 164 Å². The summed E-state index contributed by atoms with van der Waals surface area (Å²) >= 11 is 0. The van der Waals surface area contributed by atoms with E-state index in [-0.39, 0.29) is 17.7 Å². The number of rotatable bonds is 10. The minimum atomic E-state index is -0.833. The number of carbonyl (C=O) groups is 1. The van der Waals surface area contributed by atoms with Gasteiger partial charge in [0.25, 0.3) is 0 Å². The van der Waals surface area contributed by atoms with Gasteiger partial charge in [-0.05, 0) is 42.1 Å². The molecule has 6 nitrogen and oxygen atoms in total. The molecule has 7 heteroatoms. The first-order chi connectivity index (χ1) is 13.4. The van der Waals surface area contributed by atoms with Crippen LogP contribution in [0.1, 0.15) is 36.0 Å². The molecule has 0 spiro atoms. The van der Waals surface area contributed by atoms with Crippen LogP contribution >= 0.6 is 0 Å². The van der Waals surface area contributed by atoms with Crippen molar-refractivity contribution in [2.45, 2.75) is 25.7 Å². The van der Waals surface area contributed by atoms with Gasteiger partial charge in [-0.1, -0.05) is 31.2 Å². The molecule has 5 N–H and O–H groups in total. The van der Waals surface area contributed by atoms with Gasteiger partial charge in [0.15, 0.2) is 0 Å². The van der Waals surface area contributed by atoms with E-state index in [4.69, 9.17) is 16.1 Å². The highest BCUT2D eigenvalue weighted by Gasteiger charge is 2.08. The molecule has 2 rings (SSSR count). The fourth-order valence-electron chi connectivity index (χ4n) is 2.87. The molecule has 0 saturated carbocycles. The molecule has 0 aliphatic rings. The van der Waals surface area contributed by atoms with Crippen LogP contribution in [0.4, 0.5) is 15.8 Å². The first-order valence-corrected chi connectivity index (χ1v) is 9.15. The van der Waals surface area contributed by atoms with Crippen LogP contribution in [0.15, 0.2) is 36.4 Å². The van der Waals surface area contributed by atoms with Crippen LogP contribution in [0.25, 0.3) is 0 Å². The first-order valence-electron chi connectivity index (χ1n) is 9.15. The summed E-state index contributed by atoms with van der Waals surface area (Å²) in [5.41, 5.74) is 8.61. The number of nitriles is 1. The van der Waals surface area contributed by atoms with Gasteiger partial charge >= 0.3 is 5.97 Å². The number of carboxylic acids is 1. The van der Waals surface area contributed by atoms with Crippen molar-refractivity contribution < 1.29 is 14.3 Å². The number of nitrogens with two attached hydrogens (primary N) is 1. The van der Waals surface area contributed by atoms with E-state index in [1.54, 1.807) is 0 Å². The second-order valence-electron chi connectivity index (χ2n) is 6.72. The highest BCUT2D eigenvalue weighted by molar-refractivity contribution is 5.73. The number of nitrogens with one attached hydrogen (secondary N) is 2. The van der Waals surface area contributed by atoms with Crippen LogP contribution in [0.5, 0.6) is 0 Å². The number of carboxylic acid groups (broad SMARTS) is 1. The van der Waals surface area contributed by atoms with E-state index in [9.17, 15) is 9.18 Å². The SMILES string of the molecule is CC(CNCCCNc1cc(F)cc(C#N)c1N)c1ccc(CC(=O)O)cc1. The van der Waals surface area contributed by atoms with Crippen molar-refractivity contribution in [1.82, 2.24) is 5.32 Å². The van der Waals surface area contributed by atoms with Crippen molar-refractivity contribution in [3.63, 3.8) is 0 Å². The van der Waals surface area contributed by atoms with Crippen molar-refractivity contribution >= 4 is 17.3 Å². The summed E-state index contributed by atoms with van der Waals surface area (Å²) in [6.07, 6.45) is 0.841. The summed E-state index contributed by atoms with van der Waals surface area (Å²) in [6.45, 7) is 4.27. The zero-order valence-electron chi connectivity index (χ0n) is 15.8. The summed E-state index contributed by atoms with van der Waals surface area (Å²) in [5, 5.41) is 24.2. The van der Waals surface area contributed by atoms with Crippen LogP contribution in [-0.2, 0) is 11.2 Å². The lowest BCUT2D eigenvalue weighted by atomic mass is 9.99. The lowest BCUT2D eigenvalue weighted by molar-refractivity contribution is -0.136. The number of nitrogens with zero attached hydrogens (tertiary/aromatic N) is 1. The van der Waals surface area contributed by atoms with Gasteiger partial charge in [0.1, 0.15) is 11.9 Å². The molecule has 148 valence electrons. The van der Waals surface area contributed by atoms with Gasteiger partial charge < -0.3 is 21.5 Å². The molecule has 0 heterocycles. The van der Waals surface area contributed by atoms with E-state index in [0.29, 0.717) is 18.2 Å². The second kappa shape index (κ2) is 10.3. The van der Waals surface area contributed by atoms with E-state index < -0.39 is 11.8 Å². The maximum absolute atomic E-state index is 13.5. The Morgan fingerprint density at radius 2 is 2.00 bits per heavy atom. The Morgan fingerprint density at radius 3 is 2.64 bits per heavy atom. The van der Waals surface area contributed by atoms with E-state index in [1.165, 1.54) is 6.07 Å². The van der Waals surface area contributed by atoms with Crippen molar-refractivity contribution in [3.05, 3.63) is 58.9 Å². The van der Waals surface area contributed by atoms with Crippen LogP contribution in [0, 0.1) is 17.1 Å². The molecule has 1 unspecified atom stereocenters. The smallest absolute Gasteiger partial charge is 0.307 e. The number of benzene rings is 2. The van der Waals surface area contributed by atoms with E-state index >= 15 is 0 Å². The van der Waals surface area contributed by atoms with E-state index in [2.05, 4.69) is 17.6 Å². The molecule has 0 aromatic heterocycles. The van der Waals surface area contributed by atoms with Crippen LogP contribution in [0.2, 0.25) is 0 Å². The summed E-state index contributed by atoms with van der Waals surface area (Å²) in [5.74, 6) is -1.03. The zero-order valence-corrected chi connectivity index (χ0v) is 15.8. The average molecular weight is 384 g/mol. The fourth-order valence-corrected chi connectivity index (χ4v) is 2.87. The quantitative estimate of drug-likeness (QED) is 0.370. The molecule has 0 amide bonds. The normalized spacial score (nSPS) is 11.6. The number of halogens is 1. The number of hydrogen-bond acceptors (Lipinski definition) is 5. The van der Waals surface area contributed by atoms with Crippen LogP contribution in [-0.4, -0.2) is 30.7 Å². The predicted molar refractivity (Wildman–Crippen MR) is 108 cm³/mol. The third kappa shape index (κ3) is 6.25. The molecule has 0 saturated heterocycles. The van der Waals surface area contributed by atoms with Gasteiger partial charge in [-0.2, -0.15) is 5.26 Å². The standard InChI is InChI=1S/C21H25FN4O2/c1-14(16-5-3-15(4-6-16)9-20(27)28)13-25-7-2-8-26-19-11-18(22)10-17(12-23)21(19)24/h3-6,10-11,14,25-26H,2,7-9,13,24H2,1H3,(H,27,28). The first kappa shape index (κ1) is 21.2. The molecular formula is C21H25FN4O2. The fraction of sp³-hybridized carbons (Fsp3) is 0.333. The van der Waals surface area contributed by atoms with Gasteiger partial charge in [0.05, 0.1) is 23.4 Å². The maximum atomic E-state index is 13.5. The Morgan fingerprint density at radius 1 is 1.29 bits per heavy atom. The zero-order chi connectivity index (χ0) is 20.5. The average Bonchev–Trinajstić information content (AvgIpc) is 2.66. The lowest BCUT2D eigenvalue weighted by Crippen LogP contribution is -2.23. The van der Waals surface area contributed by atoms with Gasteiger partial charge in [0, 0.05) is 13.1 Å². The molecule has 0 radical (unpaired) electrons. The van der Waals surface area contributed by atoms with E-state index in [1.807, 2.05) is 30.3 Å². The van der Waals surface area contributed by atoms with Crippen molar-refractivity contribution in [2.75, 3.05) is 30.7 Å². The van der Waals surface area contributed by atoms with Crippen molar-refractivity contribution in [1.29, 1.82) is 5.26 Å². The van der Waals surface area contributed by atoms with Crippen LogP contribution in [0.3, 0.4) is 0 Å². The second-order valence-corrected chi connectivity index (χ2v) is 6.72. The number of anilines is 2. The topological polar surface area (TPSA) is 111 Å². The van der Waals surface area contributed by atoms with Crippen LogP contribution < -0.4 is 16.4 Å². The molecule has 2 aromatic carbocycles. The summed E-state index contributed by atoms with van der Waals surface area (Å²) < 4.78 is 13.5. The Bertz CT molecular complexity index is 847. The molecule has 0 aliphatic carbocycles. The third-order valence-electron chi connectivity index (χ3n) is 4.47. The lowest BCUT2D eigenvalue weighted by Gasteiger charge is -2.14. The molecule has 0 aliphatic heterocycles. The number of nitrogen functional groups attached to an aromatic ring is 1. The highest BCUT2D eigenvalue weighted by atomic mass is 19.1. The summed E-state index contributed by atoms with van der Waals surface area (Å²) in [6, 6.07) is 11.9. The highest BCUT2D eigenvalue weighted by Crippen LogP contribution is 2.24. The molecule has 1 atom stereocenters. The van der Waals surface area contributed by atoms with Gasteiger partial charge in [0.2, 0.25) is 0 Å². The minimum absolute atomic E-state index is 0.0333. The van der Waals surface area contributed by atoms with Gasteiger partial charge in [-0.15, -0.1) is 0 Å². The Hall–Kier alpha value is -3.11. The number of aliphatic carboxylic acids is 1. The molecular weight excluding hydrogens is 359 g/mol. The molecule has 0 bridgehead atoms. The van der Waals surface area contributed by atoms with E-state index in [0.717, 1.165) is 36.7 Å². The summed E-state index contributed by atoms with van der Waals surface area (Å²) in [7, 11) is 0. The predicted octanol–water partition coefficient (Wildman–Crippen LogP) is 3.10. The maximum Gasteiger partial charge on any atom is 0.307 e. The summed E-state index contributed by atoms with van der Waals surface area (Å²) in [4.78, 5) is 10.7. The van der Waals surface area contributed by atoms with Gasteiger partial charge in [-0.25, -0.2) is 4.39 Å². The van der Waals surface area contributed by atoms with Crippen molar-refractivity contribution in [2.24, 2.45) is 0 Å². The molecule has 0 fully saturated rings.